The number of rotatable bonds is 7. The van der Waals surface area contributed by atoms with E-state index in [1.165, 1.54) is 30.2 Å². The summed E-state index contributed by atoms with van der Waals surface area (Å²) in [5, 5.41) is 19.6. The van der Waals surface area contributed by atoms with Crippen LogP contribution in [0.3, 0.4) is 0 Å². The van der Waals surface area contributed by atoms with E-state index < -0.39 is 16.5 Å². The molecular formula is C13H14ClN3O4. The van der Waals surface area contributed by atoms with Crippen molar-refractivity contribution in [1.82, 2.24) is 4.90 Å². The summed E-state index contributed by atoms with van der Waals surface area (Å²) in [6.07, 6.45) is 0.129. The van der Waals surface area contributed by atoms with Gasteiger partial charge >= 0.3 is 5.69 Å². The van der Waals surface area contributed by atoms with E-state index in [-0.39, 0.29) is 36.7 Å². The van der Waals surface area contributed by atoms with E-state index in [9.17, 15) is 14.9 Å². The highest BCUT2D eigenvalue weighted by molar-refractivity contribution is 6.33. The predicted octanol–water partition coefficient (Wildman–Crippen LogP) is 2.25. The van der Waals surface area contributed by atoms with Gasteiger partial charge in [0.1, 0.15) is 10.6 Å². The average Bonchev–Trinajstić information content (AvgIpc) is 2.46. The minimum atomic E-state index is -0.686. The third-order valence-electron chi connectivity index (χ3n) is 2.75. The summed E-state index contributed by atoms with van der Waals surface area (Å²) < 4.78 is 4.90. The second-order valence-electron chi connectivity index (χ2n) is 4.09. The van der Waals surface area contributed by atoms with Crippen molar-refractivity contribution < 1.29 is 14.5 Å². The van der Waals surface area contributed by atoms with Crippen LogP contribution in [0.4, 0.5) is 5.69 Å². The Morgan fingerprint density at radius 1 is 1.52 bits per heavy atom. The second-order valence-corrected chi connectivity index (χ2v) is 4.49. The van der Waals surface area contributed by atoms with Gasteiger partial charge in [0.2, 0.25) is 0 Å². The first-order valence-electron chi connectivity index (χ1n) is 6.11. The fraction of sp³-hybridized carbons (Fsp3) is 0.385. The lowest BCUT2D eigenvalue weighted by atomic mass is 10.1. The molecular weight excluding hydrogens is 298 g/mol. The number of nitro benzene ring substituents is 1. The van der Waals surface area contributed by atoms with E-state index in [2.05, 4.69) is 0 Å². The number of nitrogens with zero attached hydrogens (tertiary/aromatic N) is 3. The summed E-state index contributed by atoms with van der Waals surface area (Å²) in [7, 11) is 1.48. The SMILES string of the molecule is COCCN(CCC#N)C(=O)c1cccc(Cl)c1[N+](=O)[O-]. The number of methoxy groups -OCH3 is 1. The lowest BCUT2D eigenvalue weighted by Gasteiger charge is -2.21. The van der Waals surface area contributed by atoms with E-state index in [0.29, 0.717) is 0 Å². The molecule has 0 atom stereocenters. The Bertz CT molecular complexity index is 571. The van der Waals surface area contributed by atoms with Crippen molar-refractivity contribution in [2.45, 2.75) is 6.42 Å². The van der Waals surface area contributed by atoms with E-state index in [1.807, 2.05) is 6.07 Å². The smallest absolute Gasteiger partial charge is 0.300 e. The minimum Gasteiger partial charge on any atom is -0.383 e. The monoisotopic (exact) mass is 311 g/mol. The molecule has 1 aromatic rings. The van der Waals surface area contributed by atoms with Crippen LogP contribution in [0.1, 0.15) is 16.8 Å². The third kappa shape index (κ3) is 4.41. The molecule has 0 N–H and O–H groups in total. The number of carbonyl (C=O) groups excluding carboxylic acids is 1. The summed E-state index contributed by atoms with van der Waals surface area (Å²) in [6.45, 7) is 0.675. The Morgan fingerprint density at radius 3 is 2.81 bits per heavy atom. The Labute approximate surface area is 126 Å². The van der Waals surface area contributed by atoms with Crippen LogP contribution in [0.25, 0.3) is 0 Å². The van der Waals surface area contributed by atoms with Crippen LogP contribution in [0.5, 0.6) is 0 Å². The molecule has 21 heavy (non-hydrogen) atoms. The zero-order valence-corrected chi connectivity index (χ0v) is 12.2. The number of amides is 1. The number of ether oxygens (including phenoxy) is 1. The molecule has 0 aliphatic carbocycles. The molecule has 8 heteroatoms. The first-order chi connectivity index (χ1) is 10.0. The number of nitro groups is 1. The van der Waals surface area contributed by atoms with Gasteiger partial charge in [0.15, 0.2) is 0 Å². The van der Waals surface area contributed by atoms with E-state index in [1.54, 1.807) is 0 Å². The van der Waals surface area contributed by atoms with Crippen LogP contribution in [-0.4, -0.2) is 42.5 Å². The van der Waals surface area contributed by atoms with Crippen molar-refractivity contribution >= 4 is 23.2 Å². The predicted molar refractivity (Wildman–Crippen MR) is 76.1 cm³/mol. The van der Waals surface area contributed by atoms with Gasteiger partial charge in [-0.1, -0.05) is 17.7 Å². The maximum absolute atomic E-state index is 12.4. The summed E-state index contributed by atoms with van der Waals surface area (Å²) in [5.41, 5.74) is -0.523. The highest BCUT2D eigenvalue weighted by atomic mass is 35.5. The molecule has 0 aliphatic rings. The Kier molecular flexibility index (Phi) is 6.59. The molecule has 0 unspecified atom stereocenters. The van der Waals surface area contributed by atoms with Gasteiger partial charge in [-0.15, -0.1) is 0 Å². The molecule has 0 fully saturated rings. The molecule has 0 radical (unpaired) electrons. The topological polar surface area (TPSA) is 96.5 Å². The summed E-state index contributed by atoms with van der Waals surface area (Å²) >= 11 is 5.79. The molecule has 0 saturated heterocycles. The first kappa shape index (κ1) is 16.9. The largest absolute Gasteiger partial charge is 0.383 e. The summed E-state index contributed by atoms with van der Waals surface area (Å²) in [5.74, 6) is -0.545. The minimum absolute atomic E-state index is 0.0958. The molecule has 0 bridgehead atoms. The van der Waals surface area contributed by atoms with Gasteiger partial charge in [-0.25, -0.2) is 0 Å². The maximum atomic E-state index is 12.4. The van der Waals surface area contributed by atoms with Gasteiger partial charge < -0.3 is 9.64 Å². The summed E-state index contributed by atoms with van der Waals surface area (Å²) in [6, 6.07) is 6.11. The van der Waals surface area contributed by atoms with Crippen molar-refractivity contribution in [2.75, 3.05) is 26.8 Å². The van der Waals surface area contributed by atoms with Crippen molar-refractivity contribution in [1.29, 1.82) is 5.26 Å². The number of hydrogen-bond acceptors (Lipinski definition) is 5. The normalized spacial score (nSPS) is 9.95. The van der Waals surface area contributed by atoms with Crippen LogP contribution < -0.4 is 0 Å². The lowest BCUT2D eigenvalue weighted by Crippen LogP contribution is -2.35. The quantitative estimate of drug-likeness (QED) is 0.568. The van der Waals surface area contributed by atoms with E-state index in [4.69, 9.17) is 21.6 Å². The standard InChI is InChI=1S/C13H14ClN3O4/c1-21-9-8-16(7-3-6-15)13(18)10-4-2-5-11(14)12(10)17(19)20/h2,4-5H,3,7-9H2,1H3. The highest BCUT2D eigenvalue weighted by Gasteiger charge is 2.26. The molecule has 1 amide bonds. The third-order valence-corrected chi connectivity index (χ3v) is 3.05. The van der Waals surface area contributed by atoms with Crippen LogP contribution in [0.15, 0.2) is 18.2 Å². The molecule has 0 spiro atoms. The van der Waals surface area contributed by atoms with Crippen LogP contribution in [0.2, 0.25) is 5.02 Å². The number of carbonyl (C=O) groups is 1. The van der Waals surface area contributed by atoms with Crippen molar-refractivity contribution in [3.05, 3.63) is 38.9 Å². The number of benzene rings is 1. The lowest BCUT2D eigenvalue weighted by molar-refractivity contribution is -0.385. The fourth-order valence-electron chi connectivity index (χ4n) is 1.75. The first-order valence-corrected chi connectivity index (χ1v) is 6.48. The molecule has 0 aliphatic heterocycles. The van der Waals surface area contributed by atoms with Gasteiger partial charge in [-0.2, -0.15) is 5.26 Å². The Morgan fingerprint density at radius 2 is 2.24 bits per heavy atom. The molecule has 112 valence electrons. The van der Waals surface area contributed by atoms with Gasteiger partial charge in [0.05, 0.1) is 24.0 Å². The molecule has 1 rings (SSSR count). The maximum Gasteiger partial charge on any atom is 0.300 e. The average molecular weight is 312 g/mol. The molecule has 7 nitrogen and oxygen atoms in total. The summed E-state index contributed by atoms with van der Waals surface area (Å²) in [4.78, 5) is 24.2. The van der Waals surface area contributed by atoms with Crippen molar-refractivity contribution in [3.8, 4) is 6.07 Å². The molecule has 0 heterocycles. The second kappa shape index (κ2) is 8.19. The number of nitriles is 1. The van der Waals surface area contributed by atoms with Gasteiger partial charge in [0, 0.05) is 20.2 Å². The van der Waals surface area contributed by atoms with Crippen molar-refractivity contribution in [2.24, 2.45) is 0 Å². The highest BCUT2D eigenvalue weighted by Crippen LogP contribution is 2.29. The number of hydrogen-bond donors (Lipinski definition) is 0. The fourth-order valence-corrected chi connectivity index (χ4v) is 1.99. The van der Waals surface area contributed by atoms with Crippen LogP contribution >= 0.6 is 11.6 Å². The van der Waals surface area contributed by atoms with Gasteiger partial charge in [-0.05, 0) is 12.1 Å². The molecule has 1 aromatic carbocycles. The Balaban J connectivity index is 3.11. The Hall–Kier alpha value is -2.17. The van der Waals surface area contributed by atoms with Gasteiger partial charge in [0.25, 0.3) is 5.91 Å². The van der Waals surface area contributed by atoms with E-state index in [0.717, 1.165) is 0 Å². The molecule has 0 aromatic heterocycles. The van der Waals surface area contributed by atoms with Crippen molar-refractivity contribution in [3.63, 3.8) is 0 Å². The molecule has 0 saturated carbocycles. The van der Waals surface area contributed by atoms with Crippen LogP contribution in [-0.2, 0) is 4.74 Å². The zero-order chi connectivity index (χ0) is 15.8. The van der Waals surface area contributed by atoms with Crippen LogP contribution in [0, 0.1) is 21.4 Å². The van der Waals surface area contributed by atoms with E-state index >= 15 is 0 Å². The number of halogens is 1. The van der Waals surface area contributed by atoms with Gasteiger partial charge in [-0.3, -0.25) is 14.9 Å². The zero-order valence-electron chi connectivity index (χ0n) is 11.4. The number of para-hydroxylation sites is 1.